The molecule has 0 unspecified atom stereocenters. The Morgan fingerprint density at radius 1 is 1.08 bits per heavy atom. The monoisotopic (exact) mass is 322 g/mol. The van der Waals surface area contributed by atoms with Crippen molar-refractivity contribution in [1.29, 1.82) is 0 Å². The molecule has 1 atom stereocenters. The van der Waals surface area contributed by atoms with Crippen molar-refractivity contribution in [2.75, 3.05) is 0 Å². The molecular formula is C20H18O4. The van der Waals surface area contributed by atoms with Gasteiger partial charge in [-0.3, -0.25) is 4.79 Å². The molecule has 3 aromatic rings. The first kappa shape index (κ1) is 16.0. The van der Waals surface area contributed by atoms with E-state index in [9.17, 15) is 9.59 Å². The third-order valence-electron chi connectivity index (χ3n) is 3.93. The number of rotatable bonds is 5. The van der Waals surface area contributed by atoms with E-state index in [1.54, 1.807) is 31.2 Å². The third-order valence-corrected chi connectivity index (χ3v) is 3.93. The van der Waals surface area contributed by atoms with Crippen molar-refractivity contribution in [2.45, 2.75) is 26.4 Å². The number of aryl methyl sites for hydroxylation is 1. The molecule has 122 valence electrons. The minimum absolute atomic E-state index is 0.0946. The number of carbonyl (C=O) groups is 2. The fraction of sp³-hybridized carbons (Fsp3) is 0.200. The van der Waals surface area contributed by atoms with E-state index in [0.717, 1.165) is 17.4 Å². The fourth-order valence-electron chi connectivity index (χ4n) is 2.49. The molecule has 1 heterocycles. The molecule has 0 spiro atoms. The van der Waals surface area contributed by atoms with Crippen molar-refractivity contribution in [2.24, 2.45) is 0 Å². The number of ketones is 1. The van der Waals surface area contributed by atoms with Gasteiger partial charge in [0.1, 0.15) is 5.58 Å². The lowest BCUT2D eigenvalue weighted by atomic mass is 10.0. The van der Waals surface area contributed by atoms with Crippen molar-refractivity contribution >= 4 is 22.7 Å². The largest absolute Gasteiger partial charge is 0.449 e. The Morgan fingerprint density at radius 3 is 2.46 bits per heavy atom. The highest BCUT2D eigenvalue weighted by molar-refractivity contribution is 6.01. The van der Waals surface area contributed by atoms with Crippen LogP contribution in [0.15, 0.2) is 59.0 Å². The number of fused-ring (bicyclic) bond motifs is 1. The average molecular weight is 322 g/mol. The van der Waals surface area contributed by atoms with E-state index in [1.165, 1.54) is 0 Å². The molecule has 2 aromatic carbocycles. The highest BCUT2D eigenvalue weighted by Crippen LogP contribution is 2.20. The highest BCUT2D eigenvalue weighted by Gasteiger charge is 2.22. The van der Waals surface area contributed by atoms with Crippen LogP contribution < -0.4 is 0 Å². The Kier molecular flexibility index (Phi) is 4.47. The Bertz CT molecular complexity index is 841. The Labute approximate surface area is 140 Å². The molecular weight excluding hydrogens is 304 g/mol. The van der Waals surface area contributed by atoms with Gasteiger partial charge in [-0.05, 0) is 31.0 Å². The van der Waals surface area contributed by atoms with Crippen LogP contribution in [-0.4, -0.2) is 17.9 Å². The van der Waals surface area contributed by atoms with Gasteiger partial charge in [-0.25, -0.2) is 4.79 Å². The van der Waals surface area contributed by atoms with Crippen LogP contribution in [0.5, 0.6) is 0 Å². The van der Waals surface area contributed by atoms with Crippen molar-refractivity contribution in [3.8, 4) is 0 Å². The number of benzene rings is 2. The molecule has 24 heavy (non-hydrogen) atoms. The third kappa shape index (κ3) is 3.23. The summed E-state index contributed by atoms with van der Waals surface area (Å²) in [6, 6.07) is 16.2. The van der Waals surface area contributed by atoms with Crippen LogP contribution in [0.25, 0.3) is 11.0 Å². The molecule has 0 bridgehead atoms. The van der Waals surface area contributed by atoms with Gasteiger partial charge in [-0.15, -0.1) is 0 Å². The molecule has 0 aliphatic heterocycles. The number of furan rings is 1. The van der Waals surface area contributed by atoms with E-state index >= 15 is 0 Å². The first-order valence-corrected chi connectivity index (χ1v) is 7.91. The number of para-hydroxylation sites is 1. The molecule has 0 aliphatic carbocycles. The van der Waals surface area contributed by atoms with Crippen LogP contribution in [0, 0.1) is 0 Å². The molecule has 4 nitrogen and oxygen atoms in total. The van der Waals surface area contributed by atoms with Crippen LogP contribution in [0.2, 0.25) is 0 Å². The number of hydrogen-bond donors (Lipinski definition) is 0. The summed E-state index contributed by atoms with van der Waals surface area (Å²) < 4.78 is 10.7. The van der Waals surface area contributed by atoms with Gasteiger partial charge in [0.25, 0.3) is 0 Å². The van der Waals surface area contributed by atoms with Gasteiger partial charge < -0.3 is 9.15 Å². The van der Waals surface area contributed by atoms with Gasteiger partial charge in [-0.2, -0.15) is 0 Å². The quantitative estimate of drug-likeness (QED) is 0.515. The number of hydrogen-bond acceptors (Lipinski definition) is 4. The SMILES string of the molecule is CCc1ccc(C(=O)[C@H](C)OC(=O)c2cc3ccccc3o2)cc1. The van der Waals surface area contributed by atoms with E-state index in [1.807, 2.05) is 30.3 Å². The molecule has 0 aliphatic rings. The minimum atomic E-state index is -0.877. The first-order valence-electron chi connectivity index (χ1n) is 7.91. The van der Waals surface area contributed by atoms with Crippen LogP contribution in [0.3, 0.4) is 0 Å². The lowest BCUT2D eigenvalue weighted by Gasteiger charge is -2.11. The summed E-state index contributed by atoms with van der Waals surface area (Å²) in [5.74, 6) is -0.781. The minimum Gasteiger partial charge on any atom is -0.449 e. The Balaban J connectivity index is 1.71. The maximum Gasteiger partial charge on any atom is 0.374 e. The number of Topliss-reactive ketones (excluding diaryl/α,β-unsaturated/α-hetero) is 1. The molecule has 1 aromatic heterocycles. The van der Waals surface area contributed by atoms with E-state index in [0.29, 0.717) is 11.1 Å². The van der Waals surface area contributed by atoms with Crippen molar-refractivity contribution < 1.29 is 18.7 Å². The topological polar surface area (TPSA) is 56.5 Å². The second-order valence-corrected chi connectivity index (χ2v) is 5.61. The molecule has 0 N–H and O–H groups in total. The maximum atomic E-state index is 12.4. The number of carbonyl (C=O) groups excluding carboxylic acids is 2. The molecule has 0 saturated heterocycles. The van der Waals surface area contributed by atoms with Crippen LogP contribution in [0.4, 0.5) is 0 Å². The van der Waals surface area contributed by atoms with Crippen molar-refractivity contribution in [3.63, 3.8) is 0 Å². The number of esters is 1. The lowest BCUT2D eigenvalue weighted by Crippen LogP contribution is -2.24. The van der Waals surface area contributed by atoms with E-state index < -0.39 is 12.1 Å². The maximum absolute atomic E-state index is 12.4. The smallest absolute Gasteiger partial charge is 0.374 e. The molecule has 0 radical (unpaired) electrons. The van der Waals surface area contributed by atoms with E-state index in [4.69, 9.17) is 9.15 Å². The van der Waals surface area contributed by atoms with Crippen molar-refractivity contribution in [1.82, 2.24) is 0 Å². The van der Waals surface area contributed by atoms with Gasteiger partial charge in [0.15, 0.2) is 6.10 Å². The summed E-state index contributed by atoms with van der Waals surface area (Å²) >= 11 is 0. The molecule has 3 rings (SSSR count). The highest BCUT2D eigenvalue weighted by atomic mass is 16.6. The van der Waals surface area contributed by atoms with E-state index in [2.05, 4.69) is 6.92 Å². The summed E-state index contributed by atoms with van der Waals surface area (Å²) in [4.78, 5) is 24.6. The second kappa shape index (κ2) is 6.71. The average Bonchev–Trinajstić information content (AvgIpc) is 3.05. The zero-order valence-corrected chi connectivity index (χ0v) is 13.6. The zero-order chi connectivity index (χ0) is 17.1. The summed E-state index contributed by atoms with van der Waals surface area (Å²) in [5, 5.41) is 0.818. The van der Waals surface area contributed by atoms with Gasteiger partial charge in [0.2, 0.25) is 11.5 Å². The standard InChI is InChI=1S/C20H18O4/c1-3-14-8-10-15(11-9-14)19(21)13(2)23-20(22)18-12-16-6-4-5-7-17(16)24-18/h4-13H,3H2,1-2H3/t13-/m0/s1. The van der Waals surface area contributed by atoms with Gasteiger partial charge in [0, 0.05) is 10.9 Å². The van der Waals surface area contributed by atoms with Gasteiger partial charge in [0.05, 0.1) is 0 Å². The summed E-state index contributed by atoms with van der Waals surface area (Å²) in [6.07, 6.45) is 0.0311. The zero-order valence-electron chi connectivity index (χ0n) is 13.6. The van der Waals surface area contributed by atoms with Gasteiger partial charge >= 0.3 is 5.97 Å². The van der Waals surface area contributed by atoms with E-state index in [-0.39, 0.29) is 11.5 Å². The number of ether oxygens (including phenoxy) is 1. The molecule has 4 heteroatoms. The summed E-state index contributed by atoms with van der Waals surface area (Å²) in [6.45, 7) is 3.62. The second-order valence-electron chi connectivity index (χ2n) is 5.61. The first-order chi connectivity index (χ1) is 11.6. The molecule has 0 amide bonds. The normalized spacial score (nSPS) is 12.1. The Hall–Kier alpha value is -2.88. The predicted molar refractivity (Wildman–Crippen MR) is 91.2 cm³/mol. The van der Waals surface area contributed by atoms with Gasteiger partial charge in [-0.1, -0.05) is 49.4 Å². The molecule has 0 saturated carbocycles. The fourth-order valence-corrected chi connectivity index (χ4v) is 2.49. The predicted octanol–water partition coefficient (Wildman–Crippen LogP) is 4.42. The lowest BCUT2D eigenvalue weighted by molar-refractivity contribution is 0.0291. The van der Waals surface area contributed by atoms with Crippen LogP contribution in [-0.2, 0) is 11.2 Å². The summed E-state index contributed by atoms with van der Waals surface area (Å²) in [5.41, 5.74) is 2.29. The Morgan fingerprint density at radius 2 is 1.79 bits per heavy atom. The van der Waals surface area contributed by atoms with Crippen LogP contribution >= 0.6 is 0 Å². The van der Waals surface area contributed by atoms with Crippen LogP contribution in [0.1, 0.15) is 40.3 Å². The van der Waals surface area contributed by atoms with Crippen molar-refractivity contribution in [3.05, 3.63) is 71.5 Å². The molecule has 0 fully saturated rings. The summed E-state index contributed by atoms with van der Waals surface area (Å²) in [7, 11) is 0.